The van der Waals surface area contributed by atoms with E-state index in [-0.39, 0.29) is 11.5 Å². The number of aromatic carboxylic acids is 1. The van der Waals surface area contributed by atoms with E-state index in [9.17, 15) is 4.79 Å². The molecule has 2 rings (SSSR count). The molecule has 4 heteroatoms. The van der Waals surface area contributed by atoms with Gasteiger partial charge in [0.1, 0.15) is 5.56 Å². The lowest BCUT2D eigenvalue weighted by atomic mass is 9.96. The minimum atomic E-state index is -1.01. The standard InChI is InChI=1S/C12H11NO3/c1-8(9-5-3-2-4-6-9)11-10(12(14)15)7-13-16-11/h2-8H,1H3,(H,14,15). The molecule has 0 saturated carbocycles. The Kier molecular flexibility index (Phi) is 2.72. The molecule has 0 fully saturated rings. The van der Waals surface area contributed by atoms with Crippen LogP contribution in [0.25, 0.3) is 0 Å². The van der Waals surface area contributed by atoms with Gasteiger partial charge in [-0.1, -0.05) is 42.4 Å². The van der Waals surface area contributed by atoms with Gasteiger partial charge >= 0.3 is 5.97 Å². The fraction of sp³-hybridized carbons (Fsp3) is 0.167. The van der Waals surface area contributed by atoms with Gasteiger partial charge in [-0.25, -0.2) is 4.79 Å². The van der Waals surface area contributed by atoms with Crippen molar-refractivity contribution in [1.82, 2.24) is 5.16 Å². The third-order valence-corrected chi connectivity index (χ3v) is 2.52. The molecular weight excluding hydrogens is 206 g/mol. The first kappa shape index (κ1) is 10.4. The highest BCUT2D eigenvalue weighted by atomic mass is 16.5. The topological polar surface area (TPSA) is 63.3 Å². The number of hydrogen-bond acceptors (Lipinski definition) is 3. The molecule has 2 aromatic rings. The zero-order valence-corrected chi connectivity index (χ0v) is 8.75. The Hall–Kier alpha value is -2.10. The van der Waals surface area contributed by atoms with Crippen molar-refractivity contribution >= 4 is 5.97 Å². The minimum Gasteiger partial charge on any atom is -0.478 e. The molecule has 0 radical (unpaired) electrons. The Labute approximate surface area is 92.5 Å². The van der Waals surface area contributed by atoms with Crippen LogP contribution >= 0.6 is 0 Å². The number of carbonyl (C=O) groups is 1. The number of benzene rings is 1. The third kappa shape index (κ3) is 1.82. The van der Waals surface area contributed by atoms with Crippen molar-refractivity contribution in [3.05, 3.63) is 53.4 Å². The molecule has 1 aromatic carbocycles. The van der Waals surface area contributed by atoms with E-state index >= 15 is 0 Å². The number of aromatic nitrogens is 1. The minimum absolute atomic E-state index is 0.116. The highest BCUT2D eigenvalue weighted by molar-refractivity contribution is 5.88. The molecule has 1 unspecified atom stereocenters. The summed E-state index contributed by atoms with van der Waals surface area (Å²) in [4.78, 5) is 10.9. The summed E-state index contributed by atoms with van der Waals surface area (Å²) in [7, 11) is 0. The van der Waals surface area contributed by atoms with Gasteiger partial charge in [-0.05, 0) is 5.56 Å². The molecule has 1 aromatic heterocycles. The van der Waals surface area contributed by atoms with Gasteiger partial charge in [-0.3, -0.25) is 0 Å². The van der Waals surface area contributed by atoms with Crippen LogP contribution in [0.2, 0.25) is 0 Å². The van der Waals surface area contributed by atoms with Crippen LogP contribution in [0, 0.1) is 0 Å². The van der Waals surface area contributed by atoms with Crippen molar-refractivity contribution < 1.29 is 14.4 Å². The van der Waals surface area contributed by atoms with Crippen LogP contribution in [0.5, 0.6) is 0 Å². The van der Waals surface area contributed by atoms with E-state index in [0.717, 1.165) is 5.56 Å². The Morgan fingerprint density at radius 2 is 2.06 bits per heavy atom. The predicted octanol–water partition coefficient (Wildman–Crippen LogP) is 2.52. The maximum atomic E-state index is 10.9. The second-order valence-corrected chi connectivity index (χ2v) is 3.54. The molecule has 82 valence electrons. The largest absolute Gasteiger partial charge is 0.478 e. The molecule has 1 N–H and O–H groups in total. The molecule has 1 heterocycles. The van der Waals surface area contributed by atoms with Crippen LogP contribution < -0.4 is 0 Å². The quantitative estimate of drug-likeness (QED) is 0.858. The van der Waals surface area contributed by atoms with E-state index in [4.69, 9.17) is 9.63 Å². The highest BCUT2D eigenvalue weighted by Gasteiger charge is 2.21. The Bertz CT molecular complexity index is 490. The number of carboxylic acids is 1. The SMILES string of the molecule is CC(c1ccccc1)c1oncc1C(=O)O. The van der Waals surface area contributed by atoms with Crippen molar-refractivity contribution in [3.63, 3.8) is 0 Å². The fourth-order valence-electron chi connectivity index (χ4n) is 1.61. The maximum Gasteiger partial charge on any atom is 0.340 e. The third-order valence-electron chi connectivity index (χ3n) is 2.52. The van der Waals surface area contributed by atoms with E-state index in [1.165, 1.54) is 6.20 Å². The zero-order chi connectivity index (χ0) is 11.5. The summed E-state index contributed by atoms with van der Waals surface area (Å²) in [6.07, 6.45) is 1.23. The summed E-state index contributed by atoms with van der Waals surface area (Å²) in [6, 6.07) is 9.58. The van der Waals surface area contributed by atoms with Crippen LogP contribution in [0.15, 0.2) is 41.1 Å². The lowest BCUT2D eigenvalue weighted by Gasteiger charge is -2.08. The lowest BCUT2D eigenvalue weighted by Crippen LogP contribution is -2.03. The average Bonchev–Trinajstić information content (AvgIpc) is 2.78. The van der Waals surface area contributed by atoms with Crippen molar-refractivity contribution in [3.8, 4) is 0 Å². The molecule has 4 nitrogen and oxygen atoms in total. The first-order valence-corrected chi connectivity index (χ1v) is 4.93. The van der Waals surface area contributed by atoms with Gasteiger partial charge in [0.05, 0.1) is 6.20 Å². The number of nitrogens with zero attached hydrogens (tertiary/aromatic N) is 1. The molecule has 0 bridgehead atoms. The molecule has 0 amide bonds. The van der Waals surface area contributed by atoms with E-state index in [1.807, 2.05) is 37.3 Å². The molecule has 0 aliphatic heterocycles. The first-order valence-electron chi connectivity index (χ1n) is 4.93. The highest BCUT2D eigenvalue weighted by Crippen LogP contribution is 2.26. The first-order chi connectivity index (χ1) is 7.70. The molecule has 0 saturated heterocycles. The monoisotopic (exact) mass is 217 g/mol. The van der Waals surface area contributed by atoms with Gasteiger partial charge in [-0.2, -0.15) is 0 Å². The summed E-state index contributed by atoms with van der Waals surface area (Å²) in [5.41, 5.74) is 1.12. The molecule has 16 heavy (non-hydrogen) atoms. The van der Waals surface area contributed by atoms with Crippen LogP contribution in [-0.2, 0) is 0 Å². The maximum absolute atomic E-state index is 10.9. The normalized spacial score (nSPS) is 12.3. The van der Waals surface area contributed by atoms with E-state index in [2.05, 4.69) is 5.16 Å². The molecule has 0 spiro atoms. The molecule has 0 aliphatic rings. The predicted molar refractivity (Wildman–Crippen MR) is 57.4 cm³/mol. The Morgan fingerprint density at radius 3 is 2.69 bits per heavy atom. The zero-order valence-electron chi connectivity index (χ0n) is 8.75. The summed E-state index contributed by atoms with van der Waals surface area (Å²) in [5.74, 6) is -0.743. The lowest BCUT2D eigenvalue weighted by molar-refractivity contribution is 0.0694. The van der Waals surface area contributed by atoms with E-state index in [0.29, 0.717) is 5.76 Å². The van der Waals surface area contributed by atoms with Crippen LogP contribution in [0.3, 0.4) is 0 Å². The van der Waals surface area contributed by atoms with Gasteiger partial charge in [0.15, 0.2) is 5.76 Å². The number of carboxylic acid groups (broad SMARTS) is 1. The smallest absolute Gasteiger partial charge is 0.340 e. The summed E-state index contributed by atoms with van der Waals surface area (Å²) in [6.45, 7) is 1.89. The van der Waals surface area contributed by atoms with Gasteiger partial charge in [0, 0.05) is 5.92 Å². The second-order valence-electron chi connectivity index (χ2n) is 3.54. The van der Waals surface area contributed by atoms with Crippen LogP contribution in [-0.4, -0.2) is 16.2 Å². The van der Waals surface area contributed by atoms with E-state index < -0.39 is 5.97 Å². The van der Waals surface area contributed by atoms with Crippen LogP contribution in [0.1, 0.15) is 34.5 Å². The number of rotatable bonds is 3. The average molecular weight is 217 g/mol. The Balaban J connectivity index is 2.38. The summed E-state index contributed by atoms with van der Waals surface area (Å²) in [5, 5.41) is 12.5. The summed E-state index contributed by atoms with van der Waals surface area (Å²) < 4.78 is 5.01. The molecule has 0 aliphatic carbocycles. The van der Waals surface area contributed by atoms with Gasteiger partial charge in [0.25, 0.3) is 0 Å². The Morgan fingerprint density at radius 1 is 1.38 bits per heavy atom. The van der Waals surface area contributed by atoms with E-state index in [1.54, 1.807) is 0 Å². The molecule has 1 atom stereocenters. The second kappa shape index (κ2) is 4.18. The molecular formula is C12H11NO3. The van der Waals surface area contributed by atoms with Gasteiger partial charge < -0.3 is 9.63 Å². The fourth-order valence-corrected chi connectivity index (χ4v) is 1.61. The van der Waals surface area contributed by atoms with Crippen molar-refractivity contribution in [2.24, 2.45) is 0 Å². The number of hydrogen-bond donors (Lipinski definition) is 1. The van der Waals surface area contributed by atoms with Gasteiger partial charge in [-0.15, -0.1) is 0 Å². The van der Waals surface area contributed by atoms with Gasteiger partial charge in [0.2, 0.25) is 0 Å². The van der Waals surface area contributed by atoms with Crippen molar-refractivity contribution in [2.45, 2.75) is 12.8 Å². The van der Waals surface area contributed by atoms with Crippen LogP contribution in [0.4, 0.5) is 0 Å². The van der Waals surface area contributed by atoms with Crippen molar-refractivity contribution in [1.29, 1.82) is 0 Å². The summed E-state index contributed by atoms with van der Waals surface area (Å²) >= 11 is 0. The van der Waals surface area contributed by atoms with Crippen molar-refractivity contribution in [2.75, 3.05) is 0 Å².